The third-order valence-corrected chi connectivity index (χ3v) is 14.1. The number of aryl methyl sites for hydroxylation is 1. The largest absolute Gasteiger partial charge is 0.177 e. The molecule has 3 fully saturated rings. The van der Waals surface area contributed by atoms with E-state index in [0.717, 1.165) is 34.2 Å². The van der Waals surface area contributed by atoms with E-state index in [1.807, 2.05) is 11.3 Å². The molecular formula is C28H34N2S4. The van der Waals surface area contributed by atoms with Crippen molar-refractivity contribution in [1.29, 1.82) is 0 Å². The van der Waals surface area contributed by atoms with Crippen LogP contribution in [-0.4, -0.2) is 19.2 Å². The van der Waals surface area contributed by atoms with Gasteiger partial charge in [-0.3, -0.25) is 0 Å². The molecule has 1 aliphatic heterocycles. The van der Waals surface area contributed by atoms with Crippen LogP contribution < -0.4 is 0 Å². The topological polar surface area (TPSA) is 25.8 Å². The van der Waals surface area contributed by atoms with Crippen LogP contribution in [-0.2, 0) is 0 Å². The molecule has 2 saturated carbocycles. The first-order valence-electron chi connectivity index (χ1n) is 13.3. The number of nitrogens with zero attached hydrogens (tertiary/aromatic N) is 2. The average Bonchev–Trinajstić information content (AvgIpc) is 3.62. The van der Waals surface area contributed by atoms with E-state index in [9.17, 15) is 0 Å². The van der Waals surface area contributed by atoms with Gasteiger partial charge in [-0.2, -0.15) is 20.5 Å². The van der Waals surface area contributed by atoms with Gasteiger partial charge in [0.1, 0.15) is 0 Å². The van der Waals surface area contributed by atoms with Crippen molar-refractivity contribution in [3.05, 3.63) is 55.2 Å². The maximum Gasteiger partial charge on any atom is 0.0864 e. The van der Waals surface area contributed by atoms with Crippen LogP contribution in [0, 0.1) is 24.7 Å². The minimum atomic E-state index is 0.448. The van der Waals surface area contributed by atoms with E-state index in [-0.39, 0.29) is 0 Å². The Morgan fingerprint density at radius 1 is 0.706 bits per heavy atom. The lowest BCUT2D eigenvalue weighted by atomic mass is 9.69. The van der Waals surface area contributed by atoms with E-state index in [1.54, 1.807) is 4.88 Å². The Hall–Kier alpha value is -0.690. The molecule has 180 valence electrons. The third kappa shape index (κ3) is 3.86. The van der Waals surface area contributed by atoms with Crippen LogP contribution >= 0.6 is 46.2 Å². The highest BCUT2D eigenvalue weighted by Gasteiger charge is 2.48. The second-order valence-corrected chi connectivity index (χ2v) is 15.9. The molecule has 2 nitrogen and oxygen atoms in total. The third-order valence-electron chi connectivity index (χ3n) is 9.29. The molecule has 0 aromatic carbocycles. The molecule has 0 radical (unpaired) electrons. The number of thiophene rings is 2. The highest BCUT2D eigenvalue weighted by Crippen LogP contribution is 2.58. The van der Waals surface area contributed by atoms with E-state index in [2.05, 4.69) is 61.2 Å². The fourth-order valence-corrected chi connectivity index (χ4v) is 12.8. The van der Waals surface area contributed by atoms with Crippen LogP contribution in [0.15, 0.2) is 24.3 Å². The van der Waals surface area contributed by atoms with Gasteiger partial charge in [-0.25, -0.2) is 0 Å². The summed E-state index contributed by atoms with van der Waals surface area (Å²) in [5, 5.41) is 1.89. The molecule has 3 aromatic rings. The van der Waals surface area contributed by atoms with Crippen LogP contribution in [0.25, 0.3) is 0 Å². The highest BCUT2D eigenvalue weighted by atomic mass is 32.2. The summed E-state index contributed by atoms with van der Waals surface area (Å²) in [5.74, 6) is 4.68. The molecule has 8 unspecified atom stereocenters. The zero-order valence-electron chi connectivity index (χ0n) is 20.1. The van der Waals surface area contributed by atoms with Gasteiger partial charge in [0.25, 0.3) is 0 Å². The van der Waals surface area contributed by atoms with E-state index in [4.69, 9.17) is 8.75 Å². The summed E-state index contributed by atoms with van der Waals surface area (Å²) >= 11 is 7.85. The first-order valence-corrected chi connectivity index (χ1v) is 16.6. The Labute approximate surface area is 220 Å². The van der Waals surface area contributed by atoms with Gasteiger partial charge in [-0.15, -0.1) is 22.7 Å². The molecule has 0 N–H and O–H groups in total. The molecule has 3 aromatic heterocycles. The number of hydrogen-bond donors (Lipinski definition) is 0. The summed E-state index contributed by atoms with van der Waals surface area (Å²) < 4.78 is 9.66. The lowest BCUT2D eigenvalue weighted by molar-refractivity contribution is 0.198. The van der Waals surface area contributed by atoms with Crippen molar-refractivity contribution in [2.24, 2.45) is 17.8 Å². The summed E-state index contributed by atoms with van der Waals surface area (Å²) in [4.78, 5) is 6.05. The fourth-order valence-electron chi connectivity index (χ4n) is 7.54. The fraction of sp³-hybridized carbons (Fsp3) is 0.643. The van der Waals surface area contributed by atoms with Gasteiger partial charge in [0, 0.05) is 41.8 Å². The summed E-state index contributed by atoms with van der Waals surface area (Å²) in [6.07, 6.45) is 11.2. The van der Waals surface area contributed by atoms with E-state index in [0.29, 0.717) is 11.8 Å². The molecule has 4 aliphatic rings. The molecule has 3 aliphatic carbocycles. The van der Waals surface area contributed by atoms with Crippen LogP contribution in [0.1, 0.15) is 107 Å². The van der Waals surface area contributed by atoms with Crippen LogP contribution in [0.3, 0.4) is 0 Å². The SMILES string of the molecule is Cc1ccc(C2CCC(c3ccc(C4CCC5C(C4)SC4CC(C)CCC45)s3)c3nsnc32)s1. The molecular weight excluding hydrogens is 493 g/mol. The molecule has 6 heteroatoms. The Bertz CT molecular complexity index is 1160. The van der Waals surface area contributed by atoms with E-state index < -0.39 is 0 Å². The predicted molar refractivity (Wildman–Crippen MR) is 148 cm³/mol. The first-order chi connectivity index (χ1) is 16.6. The van der Waals surface area contributed by atoms with Gasteiger partial charge in [-0.1, -0.05) is 13.3 Å². The van der Waals surface area contributed by atoms with Crippen molar-refractivity contribution >= 4 is 46.2 Å². The summed E-state index contributed by atoms with van der Waals surface area (Å²) in [6, 6.07) is 9.49. The minimum Gasteiger partial charge on any atom is -0.177 e. The Morgan fingerprint density at radius 2 is 1.35 bits per heavy atom. The second-order valence-electron chi connectivity index (χ2n) is 11.4. The smallest absolute Gasteiger partial charge is 0.0864 e. The second kappa shape index (κ2) is 9.00. The maximum absolute atomic E-state index is 4.85. The molecule has 0 amide bonds. The first kappa shape index (κ1) is 22.5. The van der Waals surface area contributed by atoms with E-state index >= 15 is 0 Å². The van der Waals surface area contributed by atoms with Gasteiger partial charge in [0.2, 0.25) is 0 Å². The predicted octanol–water partition coefficient (Wildman–Crippen LogP) is 8.83. The zero-order chi connectivity index (χ0) is 22.8. The normalized spacial score (nSPS) is 37.2. The molecule has 8 atom stereocenters. The Kier molecular flexibility index (Phi) is 5.96. The number of hydrogen-bond acceptors (Lipinski definition) is 6. The maximum atomic E-state index is 4.85. The van der Waals surface area contributed by atoms with Gasteiger partial charge in [0.15, 0.2) is 0 Å². The summed E-state index contributed by atoms with van der Waals surface area (Å²) in [6.45, 7) is 4.69. The van der Waals surface area contributed by atoms with Gasteiger partial charge in [-0.05, 0) is 99.8 Å². The van der Waals surface area contributed by atoms with Crippen molar-refractivity contribution in [2.45, 2.75) is 93.5 Å². The summed E-state index contributed by atoms with van der Waals surface area (Å²) in [5.41, 5.74) is 2.53. The quantitative estimate of drug-likeness (QED) is 0.341. The molecule has 0 bridgehead atoms. The number of rotatable bonds is 3. The average molecular weight is 527 g/mol. The molecule has 4 heterocycles. The van der Waals surface area contributed by atoms with Gasteiger partial charge >= 0.3 is 0 Å². The lowest BCUT2D eigenvalue weighted by Crippen LogP contribution is -2.30. The standard InChI is InChI=1S/C28H34N2S4/c1-15-3-6-18-19-7-5-17(14-26(19)33-25(18)13-15)22-11-12-24(32-22)21-9-8-20(23-10-4-16(2)31-23)27-28(21)30-34-29-27/h4,10-12,15,17-21,25-26H,3,5-9,13-14H2,1-2H3. The van der Waals surface area contributed by atoms with Crippen molar-refractivity contribution in [1.82, 2.24) is 8.75 Å². The Balaban J connectivity index is 1.08. The van der Waals surface area contributed by atoms with Crippen LogP contribution in [0.2, 0.25) is 0 Å². The van der Waals surface area contributed by atoms with Gasteiger partial charge in [0.05, 0.1) is 23.1 Å². The van der Waals surface area contributed by atoms with Crippen LogP contribution in [0.4, 0.5) is 0 Å². The Morgan fingerprint density at radius 3 is 2.09 bits per heavy atom. The number of thioether (sulfide) groups is 1. The molecule has 7 rings (SSSR count). The minimum absolute atomic E-state index is 0.448. The van der Waals surface area contributed by atoms with Gasteiger partial charge < -0.3 is 0 Å². The van der Waals surface area contributed by atoms with Crippen LogP contribution in [0.5, 0.6) is 0 Å². The van der Waals surface area contributed by atoms with Crippen molar-refractivity contribution in [3.63, 3.8) is 0 Å². The highest BCUT2D eigenvalue weighted by molar-refractivity contribution is 8.00. The molecule has 34 heavy (non-hydrogen) atoms. The molecule has 1 saturated heterocycles. The van der Waals surface area contributed by atoms with Crippen molar-refractivity contribution < 1.29 is 0 Å². The number of aromatic nitrogens is 2. The zero-order valence-corrected chi connectivity index (χ0v) is 23.4. The number of fused-ring (bicyclic) bond motifs is 4. The van der Waals surface area contributed by atoms with Crippen molar-refractivity contribution in [3.8, 4) is 0 Å². The van der Waals surface area contributed by atoms with Crippen molar-refractivity contribution in [2.75, 3.05) is 0 Å². The molecule has 0 spiro atoms. The summed E-state index contributed by atoms with van der Waals surface area (Å²) in [7, 11) is 0. The van der Waals surface area contributed by atoms with E-state index in [1.165, 1.54) is 89.1 Å². The monoisotopic (exact) mass is 526 g/mol. The lowest BCUT2D eigenvalue weighted by Gasteiger charge is -2.35.